The number of esters is 1. The van der Waals surface area contributed by atoms with E-state index in [4.69, 9.17) is 14.2 Å². The number of carbonyl (C=O) groups is 1. The Balaban J connectivity index is 1.85. The van der Waals surface area contributed by atoms with Crippen LogP contribution >= 0.6 is 11.3 Å². The molecule has 3 aromatic rings. The van der Waals surface area contributed by atoms with Crippen molar-refractivity contribution < 1.29 is 19.0 Å². The monoisotopic (exact) mass is 506 g/mol. The summed E-state index contributed by atoms with van der Waals surface area (Å²) in [5.41, 5.74) is 2.28. The van der Waals surface area contributed by atoms with E-state index >= 15 is 0 Å². The third-order valence-electron chi connectivity index (χ3n) is 6.01. The fourth-order valence-electron chi connectivity index (χ4n) is 4.07. The lowest BCUT2D eigenvalue weighted by atomic mass is 9.96. The highest BCUT2D eigenvalue weighted by Crippen LogP contribution is 2.31. The van der Waals surface area contributed by atoms with E-state index < -0.39 is 12.0 Å². The first-order valence-corrected chi connectivity index (χ1v) is 12.8. The van der Waals surface area contributed by atoms with Gasteiger partial charge in [-0.3, -0.25) is 9.36 Å². The molecule has 2 heterocycles. The smallest absolute Gasteiger partial charge is 0.338 e. The van der Waals surface area contributed by atoms with Gasteiger partial charge in [-0.2, -0.15) is 0 Å². The molecule has 0 saturated heterocycles. The Bertz CT molecular complexity index is 1470. The van der Waals surface area contributed by atoms with E-state index in [9.17, 15) is 9.59 Å². The quantitative estimate of drug-likeness (QED) is 0.432. The fourth-order valence-corrected chi connectivity index (χ4v) is 5.12. The second-order valence-corrected chi connectivity index (χ2v) is 9.47. The maximum absolute atomic E-state index is 13.7. The molecule has 2 atom stereocenters. The van der Waals surface area contributed by atoms with Gasteiger partial charge in [0.1, 0.15) is 0 Å². The molecule has 0 bridgehead atoms. The first-order chi connectivity index (χ1) is 17.4. The van der Waals surface area contributed by atoms with Crippen molar-refractivity contribution in [3.8, 4) is 11.5 Å². The number of nitrogens with zero attached hydrogens (tertiary/aromatic N) is 2. The van der Waals surface area contributed by atoms with Gasteiger partial charge < -0.3 is 14.2 Å². The van der Waals surface area contributed by atoms with Crippen molar-refractivity contribution in [1.29, 1.82) is 0 Å². The Morgan fingerprint density at radius 2 is 1.92 bits per heavy atom. The van der Waals surface area contributed by atoms with Gasteiger partial charge in [0.2, 0.25) is 0 Å². The van der Waals surface area contributed by atoms with E-state index in [1.54, 1.807) is 11.5 Å². The van der Waals surface area contributed by atoms with Crippen LogP contribution in [0, 0.1) is 0 Å². The van der Waals surface area contributed by atoms with Crippen molar-refractivity contribution in [3.05, 3.63) is 90.6 Å². The van der Waals surface area contributed by atoms with E-state index in [1.165, 1.54) is 18.4 Å². The van der Waals surface area contributed by atoms with Crippen LogP contribution in [-0.2, 0) is 9.53 Å². The molecular weight excluding hydrogens is 476 g/mol. The minimum Gasteiger partial charge on any atom is -0.490 e. The summed E-state index contributed by atoms with van der Waals surface area (Å²) < 4.78 is 18.9. The first-order valence-electron chi connectivity index (χ1n) is 12.0. The molecular formula is C28H30N2O5S. The number of benzene rings is 2. The van der Waals surface area contributed by atoms with Gasteiger partial charge in [0.25, 0.3) is 5.56 Å². The minimum absolute atomic E-state index is 0.0592. The van der Waals surface area contributed by atoms with Crippen LogP contribution in [-0.4, -0.2) is 30.4 Å². The van der Waals surface area contributed by atoms with Gasteiger partial charge in [0.05, 0.1) is 41.7 Å². The average molecular weight is 507 g/mol. The number of methoxy groups -OCH3 is 1. The fraction of sp³-hybridized carbons (Fsp3) is 0.321. The maximum atomic E-state index is 13.7. The van der Waals surface area contributed by atoms with Crippen LogP contribution in [0.1, 0.15) is 51.3 Å². The van der Waals surface area contributed by atoms with Crippen molar-refractivity contribution in [3.63, 3.8) is 0 Å². The van der Waals surface area contributed by atoms with Gasteiger partial charge in [-0.1, -0.05) is 54.7 Å². The zero-order valence-electron chi connectivity index (χ0n) is 21.1. The number of aromatic nitrogens is 1. The molecule has 1 aromatic heterocycles. The average Bonchev–Trinajstić information content (AvgIpc) is 3.18. The van der Waals surface area contributed by atoms with Crippen molar-refractivity contribution in [1.82, 2.24) is 4.57 Å². The van der Waals surface area contributed by atoms with Crippen LogP contribution in [0.3, 0.4) is 0 Å². The summed E-state index contributed by atoms with van der Waals surface area (Å²) in [6.45, 7) is 8.26. The topological polar surface area (TPSA) is 79.1 Å². The minimum atomic E-state index is -0.623. The van der Waals surface area contributed by atoms with E-state index in [1.807, 2.05) is 68.5 Å². The van der Waals surface area contributed by atoms with Gasteiger partial charge in [0, 0.05) is 0 Å². The largest absolute Gasteiger partial charge is 0.490 e. The second kappa shape index (κ2) is 11.0. The predicted octanol–water partition coefficient (Wildman–Crippen LogP) is 3.98. The predicted molar refractivity (Wildman–Crippen MR) is 140 cm³/mol. The first kappa shape index (κ1) is 25.4. The molecule has 36 heavy (non-hydrogen) atoms. The second-order valence-electron chi connectivity index (χ2n) is 8.46. The molecule has 2 aromatic carbocycles. The summed E-state index contributed by atoms with van der Waals surface area (Å²) in [6, 6.07) is 14.5. The molecule has 0 N–H and O–H groups in total. The van der Waals surface area contributed by atoms with Crippen LogP contribution in [0.5, 0.6) is 11.5 Å². The van der Waals surface area contributed by atoms with E-state index in [-0.39, 0.29) is 11.7 Å². The molecule has 0 spiro atoms. The highest BCUT2D eigenvalue weighted by molar-refractivity contribution is 7.07. The third kappa shape index (κ3) is 4.99. The Morgan fingerprint density at radius 1 is 1.17 bits per heavy atom. The van der Waals surface area contributed by atoms with Crippen LogP contribution in [0.25, 0.3) is 6.08 Å². The molecule has 0 radical (unpaired) electrons. The number of carbonyl (C=O) groups excluding carboxylic acids is 1. The van der Waals surface area contributed by atoms with Crippen molar-refractivity contribution in [2.24, 2.45) is 4.99 Å². The molecule has 0 saturated carbocycles. The Labute approximate surface area is 214 Å². The lowest BCUT2D eigenvalue weighted by molar-refractivity contribution is -0.136. The highest BCUT2D eigenvalue weighted by atomic mass is 32.1. The number of fused-ring (bicyclic) bond motifs is 1. The molecule has 7 nitrogen and oxygen atoms in total. The summed E-state index contributed by atoms with van der Waals surface area (Å²) in [5, 5.41) is 0. The number of ether oxygens (including phenoxy) is 3. The van der Waals surface area contributed by atoms with Gasteiger partial charge in [0.15, 0.2) is 16.3 Å². The third-order valence-corrected chi connectivity index (χ3v) is 6.99. The van der Waals surface area contributed by atoms with Gasteiger partial charge in [-0.15, -0.1) is 0 Å². The molecule has 0 aliphatic carbocycles. The maximum Gasteiger partial charge on any atom is 0.338 e. The lowest BCUT2D eigenvalue weighted by Crippen LogP contribution is -2.39. The number of rotatable bonds is 8. The van der Waals surface area contributed by atoms with E-state index in [0.717, 1.165) is 17.5 Å². The molecule has 1 aliphatic rings. The Hall–Kier alpha value is -3.65. The molecule has 8 heteroatoms. The summed E-state index contributed by atoms with van der Waals surface area (Å²) in [4.78, 5) is 31.5. The summed E-state index contributed by atoms with van der Waals surface area (Å²) in [6.07, 6.45) is 2.76. The van der Waals surface area contributed by atoms with E-state index in [2.05, 4.69) is 11.9 Å². The van der Waals surface area contributed by atoms with Crippen molar-refractivity contribution in [2.45, 2.75) is 46.3 Å². The number of hydrogen-bond acceptors (Lipinski definition) is 7. The number of hydrogen-bond donors (Lipinski definition) is 0. The van der Waals surface area contributed by atoms with Gasteiger partial charge >= 0.3 is 5.97 Å². The zero-order chi connectivity index (χ0) is 25.8. The highest BCUT2D eigenvalue weighted by Gasteiger charge is 2.32. The molecule has 0 fully saturated rings. The SMILES string of the molecule is CCOc1cc(/C=c2\sc3n(c2=O)C(c2ccccc2)C(C(=O)OC)=C(C)N=3)ccc1OC(C)CC. The molecule has 0 amide bonds. The van der Waals surface area contributed by atoms with Crippen LogP contribution in [0.4, 0.5) is 0 Å². The molecule has 2 unspecified atom stereocenters. The van der Waals surface area contributed by atoms with Crippen LogP contribution in [0.2, 0.25) is 0 Å². The Morgan fingerprint density at radius 3 is 2.58 bits per heavy atom. The normalized spacial score (nSPS) is 16.2. The standard InChI is InChI=1S/C28H30N2O5S/c1-6-17(3)35-21-14-13-19(15-22(21)34-7-2)16-23-26(31)30-25(20-11-9-8-10-12-20)24(27(32)33-5)18(4)29-28(30)36-23/h8-17,25H,6-7H2,1-5H3/b23-16-. The van der Waals surface area contributed by atoms with Crippen molar-refractivity contribution in [2.75, 3.05) is 13.7 Å². The van der Waals surface area contributed by atoms with E-state index in [0.29, 0.717) is 38.7 Å². The molecule has 4 rings (SSSR count). The lowest BCUT2D eigenvalue weighted by Gasteiger charge is -2.24. The Kier molecular flexibility index (Phi) is 7.74. The summed E-state index contributed by atoms with van der Waals surface area (Å²) in [5.74, 6) is 0.801. The summed E-state index contributed by atoms with van der Waals surface area (Å²) in [7, 11) is 1.33. The molecule has 1 aliphatic heterocycles. The van der Waals surface area contributed by atoms with Gasteiger partial charge in [-0.25, -0.2) is 9.79 Å². The van der Waals surface area contributed by atoms with Crippen molar-refractivity contribution >= 4 is 23.4 Å². The van der Waals surface area contributed by atoms with Crippen LogP contribution < -0.4 is 24.4 Å². The number of thiazole rings is 1. The summed E-state index contributed by atoms with van der Waals surface area (Å²) >= 11 is 1.29. The molecule has 188 valence electrons. The van der Waals surface area contributed by atoms with Crippen LogP contribution in [0.15, 0.2) is 69.6 Å². The van der Waals surface area contributed by atoms with Gasteiger partial charge in [-0.05, 0) is 56.5 Å². The zero-order valence-corrected chi connectivity index (χ0v) is 21.9. The number of allylic oxidation sites excluding steroid dienone is 1.